The molecule has 6 heteroatoms. The summed E-state index contributed by atoms with van der Waals surface area (Å²) in [6.45, 7) is 1.98. The Morgan fingerprint density at radius 2 is 1.70 bits per heavy atom. The van der Waals surface area contributed by atoms with Crippen LogP contribution in [-0.2, 0) is 0 Å². The summed E-state index contributed by atoms with van der Waals surface area (Å²) in [7, 11) is 3.64. The van der Waals surface area contributed by atoms with Gasteiger partial charge in [0.25, 0.3) is 5.91 Å². The predicted octanol–water partition coefficient (Wildman–Crippen LogP) is 4.45. The van der Waals surface area contributed by atoms with E-state index in [-0.39, 0.29) is 12.1 Å². The number of carbonyl (C=O) groups is 1. The number of methoxy groups -OCH3 is 1. The highest BCUT2D eigenvalue weighted by Gasteiger charge is 2.39. The Bertz CT molecular complexity index is 1250. The molecule has 1 aliphatic rings. The van der Waals surface area contributed by atoms with E-state index in [1.165, 1.54) is 0 Å². The van der Waals surface area contributed by atoms with Crippen LogP contribution >= 0.6 is 0 Å². The van der Waals surface area contributed by atoms with Gasteiger partial charge in [0.1, 0.15) is 17.3 Å². The molecule has 2 aromatic carbocycles. The number of hydrogen-bond donors (Lipinski definition) is 0. The van der Waals surface area contributed by atoms with Gasteiger partial charge in [0.15, 0.2) is 6.17 Å². The standard InChI is InChI=1S/C24H22N4O2/c1-16-25-22(21-10-6-7-15-27(16)21)23-26(2)20-9-5-4-8-19(20)24(29)28(23)17-11-13-18(30-3)14-12-17/h4-15,23H,1-3H3/t23-/m0/s1. The fraction of sp³-hybridized carbons (Fsp3) is 0.167. The van der Waals surface area contributed by atoms with E-state index in [4.69, 9.17) is 9.72 Å². The average molecular weight is 398 g/mol. The van der Waals surface area contributed by atoms with Gasteiger partial charge in [-0.05, 0) is 55.5 Å². The Morgan fingerprint density at radius 3 is 2.47 bits per heavy atom. The Morgan fingerprint density at radius 1 is 0.967 bits per heavy atom. The number of imidazole rings is 1. The zero-order valence-corrected chi connectivity index (χ0v) is 17.1. The highest BCUT2D eigenvalue weighted by Crippen LogP contribution is 2.41. The Labute approximate surface area is 174 Å². The number of hydrogen-bond acceptors (Lipinski definition) is 4. The second-order valence-electron chi connectivity index (χ2n) is 7.38. The number of anilines is 2. The van der Waals surface area contributed by atoms with Crippen molar-refractivity contribution < 1.29 is 9.53 Å². The second kappa shape index (κ2) is 6.91. The van der Waals surface area contributed by atoms with Crippen LogP contribution in [0.1, 0.15) is 28.0 Å². The van der Waals surface area contributed by atoms with E-state index in [1.807, 2.05) is 91.8 Å². The minimum atomic E-state index is -0.383. The summed E-state index contributed by atoms with van der Waals surface area (Å²) in [5.74, 6) is 1.58. The topological polar surface area (TPSA) is 50.1 Å². The molecule has 1 atom stereocenters. The van der Waals surface area contributed by atoms with Crippen molar-refractivity contribution in [3.63, 3.8) is 0 Å². The molecule has 1 aliphatic heterocycles. The van der Waals surface area contributed by atoms with Crippen molar-refractivity contribution in [1.29, 1.82) is 0 Å². The quantitative estimate of drug-likeness (QED) is 0.512. The maximum atomic E-state index is 13.7. The molecule has 0 radical (unpaired) electrons. The highest BCUT2D eigenvalue weighted by molar-refractivity contribution is 6.12. The number of nitrogens with zero attached hydrogens (tertiary/aromatic N) is 4. The maximum absolute atomic E-state index is 13.7. The number of benzene rings is 2. The number of ether oxygens (including phenoxy) is 1. The largest absolute Gasteiger partial charge is 0.497 e. The highest BCUT2D eigenvalue weighted by atomic mass is 16.5. The Hall–Kier alpha value is -3.80. The van der Waals surface area contributed by atoms with Gasteiger partial charge >= 0.3 is 0 Å². The van der Waals surface area contributed by atoms with Gasteiger partial charge in [0, 0.05) is 18.9 Å². The van der Waals surface area contributed by atoms with Gasteiger partial charge in [-0.3, -0.25) is 9.69 Å². The summed E-state index contributed by atoms with van der Waals surface area (Å²) in [4.78, 5) is 22.5. The molecule has 1 amide bonds. The normalized spacial score (nSPS) is 16.1. The van der Waals surface area contributed by atoms with Crippen molar-refractivity contribution in [3.8, 4) is 5.75 Å². The summed E-state index contributed by atoms with van der Waals surface area (Å²) in [5, 5.41) is 0. The van der Waals surface area contributed by atoms with Crippen LogP contribution in [-0.4, -0.2) is 29.4 Å². The molecule has 2 aromatic heterocycles. The lowest BCUT2D eigenvalue weighted by Gasteiger charge is -2.43. The van der Waals surface area contributed by atoms with Crippen molar-refractivity contribution in [1.82, 2.24) is 9.38 Å². The van der Waals surface area contributed by atoms with Gasteiger partial charge in [-0.1, -0.05) is 18.2 Å². The molecule has 0 aliphatic carbocycles. The molecule has 3 heterocycles. The van der Waals surface area contributed by atoms with Gasteiger partial charge in [0.2, 0.25) is 0 Å². The molecule has 0 saturated heterocycles. The lowest BCUT2D eigenvalue weighted by Crippen LogP contribution is -2.48. The van der Waals surface area contributed by atoms with Crippen LogP contribution in [0.25, 0.3) is 5.52 Å². The fourth-order valence-electron chi connectivity index (χ4n) is 4.22. The third kappa shape index (κ3) is 2.64. The van der Waals surface area contributed by atoms with Crippen molar-refractivity contribution in [2.24, 2.45) is 0 Å². The number of fused-ring (bicyclic) bond motifs is 2. The average Bonchev–Trinajstić information content (AvgIpc) is 3.12. The first-order valence-electron chi connectivity index (χ1n) is 9.83. The number of pyridine rings is 1. The molecule has 0 bridgehead atoms. The molecule has 0 N–H and O–H groups in total. The minimum Gasteiger partial charge on any atom is -0.497 e. The Kier molecular flexibility index (Phi) is 4.20. The van der Waals surface area contributed by atoms with E-state index in [0.717, 1.165) is 34.2 Å². The van der Waals surface area contributed by atoms with E-state index in [1.54, 1.807) is 7.11 Å². The zero-order valence-electron chi connectivity index (χ0n) is 17.1. The third-order valence-corrected chi connectivity index (χ3v) is 5.69. The maximum Gasteiger partial charge on any atom is 0.262 e. The van der Waals surface area contributed by atoms with Crippen LogP contribution in [0.15, 0.2) is 72.9 Å². The van der Waals surface area contributed by atoms with E-state index < -0.39 is 0 Å². The van der Waals surface area contributed by atoms with Gasteiger partial charge in [-0.2, -0.15) is 0 Å². The molecular weight excluding hydrogens is 376 g/mol. The number of aryl methyl sites for hydroxylation is 1. The van der Waals surface area contributed by atoms with Crippen molar-refractivity contribution in [2.45, 2.75) is 13.1 Å². The van der Waals surface area contributed by atoms with Gasteiger partial charge in [-0.15, -0.1) is 0 Å². The van der Waals surface area contributed by atoms with Crippen LogP contribution in [0, 0.1) is 6.92 Å². The summed E-state index contributed by atoms with van der Waals surface area (Å²) >= 11 is 0. The van der Waals surface area contributed by atoms with Gasteiger partial charge < -0.3 is 14.0 Å². The van der Waals surface area contributed by atoms with Crippen molar-refractivity contribution >= 4 is 22.8 Å². The first-order chi connectivity index (χ1) is 14.6. The fourth-order valence-corrected chi connectivity index (χ4v) is 4.22. The minimum absolute atomic E-state index is 0.0476. The first-order valence-corrected chi connectivity index (χ1v) is 9.83. The molecule has 30 heavy (non-hydrogen) atoms. The van der Waals surface area contributed by atoms with E-state index in [0.29, 0.717) is 5.56 Å². The van der Waals surface area contributed by atoms with Crippen LogP contribution in [0.4, 0.5) is 11.4 Å². The van der Waals surface area contributed by atoms with Crippen molar-refractivity contribution in [3.05, 3.63) is 90.0 Å². The van der Waals surface area contributed by atoms with Gasteiger partial charge in [0.05, 0.1) is 23.9 Å². The monoisotopic (exact) mass is 398 g/mol. The molecule has 0 fully saturated rings. The molecule has 4 aromatic rings. The van der Waals surface area contributed by atoms with Crippen LogP contribution in [0.3, 0.4) is 0 Å². The number of aromatic nitrogens is 2. The first kappa shape index (κ1) is 18.2. The van der Waals surface area contributed by atoms with E-state index in [9.17, 15) is 4.79 Å². The smallest absolute Gasteiger partial charge is 0.262 e. The van der Waals surface area contributed by atoms with E-state index >= 15 is 0 Å². The van der Waals surface area contributed by atoms with Crippen LogP contribution in [0.5, 0.6) is 5.75 Å². The number of para-hydroxylation sites is 1. The van der Waals surface area contributed by atoms with Crippen molar-refractivity contribution in [2.75, 3.05) is 24.0 Å². The molecule has 0 unspecified atom stereocenters. The summed E-state index contributed by atoms with van der Waals surface area (Å²) < 4.78 is 7.36. The predicted molar refractivity (Wildman–Crippen MR) is 117 cm³/mol. The number of amides is 1. The lowest BCUT2D eigenvalue weighted by molar-refractivity contribution is 0.0969. The number of carbonyl (C=O) groups excluding carboxylic acids is 1. The number of rotatable bonds is 3. The summed E-state index contributed by atoms with van der Waals surface area (Å²) in [6.07, 6.45) is 1.61. The lowest BCUT2D eigenvalue weighted by atomic mass is 10.0. The molecule has 5 rings (SSSR count). The molecular formula is C24H22N4O2. The van der Waals surface area contributed by atoms with Gasteiger partial charge in [-0.25, -0.2) is 4.98 Å². The van der Waals surface area contributed by atoms with E-state index in [2.05, 4.69) is 9.30 Å². The molecule has 150 valence electrons. The molecule has 6 nitrogen and oxygen atoms in total. The summed E-state index contributed by atoms with van der Waals surface area (Å²) in [5.41, 5.74) is 4.19. The third-order valence-electron chi connectivity index (χ3n) is 5.69. The summed E-state index contributed by atoms with van der Waals surface area (Å²) in [6, 6.07) is 21.3. The molecule has 0 spiro atoms. The SMILES string of the molecule is COc1ccc(N2C(=O)c3ccccc3N(C)[C@@H]2c2nc(C)n3ccccc23)cc1. The molecule has 0 saturated carbocycles. The Balaban J connectivity index is 1.75. The van der Waals surface area contributed by atoms with Crippen LogP contribution < -0.4 is 14.5 Å². The zero-order chi connectivity index (χ0) is 20.8. The second-order valence-corrected chi connectivity index (χ2v) is 7.38. The van der Waals surface area contributed by atoms with Crippen LogP contribution in [0.2, 0.25) is 0 Å².